The zero-order chi connectivity index (χ0) is 13.8. The van der Waals surface area contributed by atoms with Gasteiger partial charge in [-0.1, -0.05) is 12.1 Å². The Kier molecular flexibility index (Phi) is 4.66. The molecule has 1 atom stereocenters. The van der Waals surface area contributed by atoms with Gasteiger partial charge in [-0.05, 0) is 51.3 Å². The van der Waals surface area contributed by atoms with E-state index < -0.39 is 0 Å². The van der Waals surface area contributed by atoms with Gasteiger partial charge in [-0.25, -0.2) is 4.39 Å². The summed E-state index contributed by atoms with van der Waals surface area (Å²) < 4.78 is 12.8. The number of halogens is 1. The van der Waals surface area contributed by atoms with Gasteiger partial charge in [0, 0.05) is 13.0 Å². The van der Waals surface area contributed by atoms with E-state index in [9.17, 15) is 9.18 Å². The monoisotopic (exact) mass is 264 g/mol. The predicted molar refractivity (Wildman–Crippen MR) is 73.6 cm³/mol. The number of likely N-dealkylation sites (N-methyl/N-ethyl adjacent to an activating group) is 2. The van der Waals surface area contributed by atoms with Gasteiger partial charge in [0.05, 0.1) is 6.04 Å². The lowest BCUT2D eigenvalue weighted by atomic mass is 10.0. The first-order chi connectivity index (χ1) is 9.06. The minimum Gasteiger partial charge on any atom is -0.304 e. The fraction of sp³-hybridized carbons (Fsp3) is 0.533. The Labute approximate surface area is 114 Å². The second-order valence-electron chi connectivity index (χ2n) is 5.38. The van der Waals surface area contributed by atoms with Crippen LogP contribution in [0.1, 0.15) is 12.0 Å². The molecule has 0 N–H and O–H groups in total. The zero-order valence-corrected chi connectivity index (χ0v) is 11.6. The maximum Gasteiger partial charge on any atom is 0.155 e. The molecule has 0 radical (unpaired) electrons. The van der Waals surface area contributed by atoms with Crippen LogP contribution in [-0.4, -0.2) is 55.4 Å². The lowest BCUT2D eigenvalue weighted by molar-refractivity contribution is -0.123. The Morgan fingerprint density at radius 2 is 1.95 bits per heavy atom. The van der Waals surface area contributed by atoms with Crippen molar-refractivity contribution in [1.29, 1.82) is 0 Å². The maximum atomic E-state index is 12.8. The molecule has 0 bridgehead atoms. The van der Waals surface area contributed by atoms with Crippen molar-refractivity contribution in [2.45, 2.75) is 18.9 Å². The fourth-order valence-corrected chi connectivity index (χ4v) is 2.54. The van der Waals surface area contributed by atoms with Gasteiger partial charge in [-0.3, -0.25) is 9.69 Å². The van der Waals surface area contributed by atoms with E-state index in [1.807, 2.05) is 7.05 Å². The highest BCUT2D eigenvalue weighted by molar-refractivity contribution is 5.86. The average molecular weight is 264 g/mol. The molecule has 1 fully saturated rings. The minimum atomic E-state index is -0.262. The molecule has 19 heavy (non-hydrogen) atoms. The summed E-state index contributed by atoms with van der Waals surface area (Å²) >= 11 is 0. The van der Waals surface area contributed by atoms with Crippen molar-refractivity contribution < 1.29 is 9.18 Å². The van der Waals surface area contributed by atoms with Gasteiger partial charge in [0.15, 0.2) is 5.78 Å². The Morgan fingerprint density at radius 3 is 2.63 bits per heavy atom. The Hall–Kier alpha value is -1.26. The quantitative estimate of drug-likeness (QED) is 0.828. The molecule has 1 aromatic carbocycles. The van der Waals surface area contributed by atoms with Crippen LogP contribution in [0.5, 0.6) is 0 Å². The van der Waals surface area contributed by atoms with Gasteiger partial charge in [0.25, 0.3) is 0 Å². The highest BCUT2D eigenvalue weighted by atomic mass is 19.1. The van der Waals surface area contributed by atoms with E-state index in [4.69, 9.17) is 0 Å². The molecule has 4 heteroatoms. The number of benzene rings is 1. The fourth-order valence-electron chi connectivity index (χ4n) is 2.54. The summed E-state index contributed by atoms with van der Waals surface area (Å²) in [6, 6.07) is 6.14. The number of nitrogens with zero attached hydrogens (tertiary/aromatic N) is 2. The molecule has 1 heterocycles. The number of carbonyl (C=O) groups excluding carboxylic acids is 1. The Morgan fingerprint density at radius 1 is 1.26 bits per heavy atom. The van der Waals surface area contributed by atoms with E-state index in [0.717, 1.165) is 31.6 Å². The third-order valence-electron chi connectivity index (χ3n) is 3.73. The molecule has 1 saturated heterocycles. The third-order valence-corrected chi connectivity index (χ3v) is 3.73. The van der Waals surface area contributed by atoms with Crippen molar-refractivity contribution in [2.24, 2.45) is 0 Å². The van der Waals surface area contributed by atoms with Crippen LogP contribution < -0.4 is 0 Å². The van der Waals surface area contributed by atoms with Crippen molar-refractivity contribution in [2.75, 3.05) is 33.7 Å². The van der Waals surface area contributed by atoms with Gasteiger partial charge >= 0.3 is 0 Å². The molecule has 0 aromatic heterocycles. The molecular formula is C15H21FN2O. The van der Waals surface area contributed by atoms with Gasteiger partial charge in [-0.2, -0.15) is 0 Å². The van der Waals surface area contributed by atoms with Crippen molar-refractivity contribution in [3.63, 3.8) is 0 Å². The number of rotatable bonds is 3. The second-order valence-corrected chi connectivity index (χ2v) is 5.38. The van der Waals surface area contributed by atoms with Gasteiger partial charge in [0.2, 0.25) is 0 Å². The maximum absolute atomic E-state index is 12.8. The van der Waals surface area contributed by atoms with Crippen molar-refractivity contribution in [1.82, 2.24) is 9.80 Å². The van der Waals surface area contributed by atoms with Crippen molar-refractivity contribution >= 4 is 5.78 Å². The summed E-state index contributed by atoms with van der Waals surface area (Å²) in [7, 11) is 4.06. The third kappa shape index (κ3) is 3.85. The lowest BCUT2D eigenvalue weighted by Crippen LogP contribution is -2.44. The molecule has 1 aliphatic heterocycles. The molecule has 104 valence electrons. The molecule has 3 nitrogen and oxygen atoms in total. The van der Waals surface area contributed by atoms with Crippen molar-refractivity contribution in [3.05, 3.63) is 35.6 Å². The van der Waals surface area contributed by atoms with Crippen LogP contribution in [0.3, 0.4) is 0 Å². The van der Waals surface area contributed by atoms with E-state index in [0.29, 0.717) is 6.42 Å². The smallest absolute Gasteiger partial charge is 0.155 e. The summed E-state index contributed by atoms with van der Waals surface area (Å²) in [4.78, 5) is 16.7. The molecule has 2 rings (SSSR count). The van der Waals surface area contributed by atoms with Crippen LogP contribution in [0.4, 0.5) is 4.39 Å². The zero-order valence-electron chi connectivity index (χ0n) is 11.6. The second kappa shape index (κ2) is 6.26. The van der Waals surface area contributed by atoms with E-state index in [1.165, 1.54) is 12.1 Å². The molecular weight excluding hydrogens is 243 g/mol. The number of Topliss-reactive ketones (excluding diaryl/α,β-unsaturated/α-hetero) is 1. The lowest BCUT2D eigenvalue weighted by Gasteiger charge is -2.26. The summed E-state index contributed by atoms with van der Waals surface area (Å²) in [5.41, 5.74) is 0.881. The number of hydrogen-bond acceptors (Lipinski definition) is 3. The molecule has 0 aliphatic carbocycles. The summed E-state index contributed by atoms with van der Waals surface area (Å²) in [5.74, 6) is -0.0506. The number of carbonyl (C=O) groups is 1. The summed E-state index contributed by atoms with van der Waals surface area (Å²) in [6.07, 6.45) is 1.47. The number of hydrogen-bond donors (Lipinski definition) is 0. The first kappa shape index (κ1) is 14.2. The largest absolute Gasteiger partial charge is 0.304 e. The molecule has 0 amide bonds. The number of ketones is 1. The molecule has 0 saturated carbocycles. The van der Waals surface area contributed by atoms with Gasteiger partial charge in [-0.15, -0.1) is 0 Å². The van der Waals surface area contributed by atoms with E-state index in [1.54, 1.807) is 12.1 Å². The van der Waals surface area contributed by atoms with E-state index in [-0.39, 0.29) is 17.6 Å². The van der Waals surface area contributed by atoms with Gasteiger partial charge in [0.1, 0.15) is 5.82 Å². The van der Waals surface area contributed by atoms with Crippen LogP contribution in [0.15, 0.2) is 24.3 Å². The van der Waals surface area contributed by atoms with Crippen LogP contribution in [0.25, 0.3) is 0 Å². The standard InChI is InChI=1S/C15H21FN2O/c1-17-8-3-9-18(2)14(11-17)15(19)10-12-4-6-13(16)7-5-12/h4-7,14H,3,8-11H2,1-2H3. The van der Waals surface area contributed by atoms with Crippen LogP contribution in [-0.2, 0) is 11.2 Å². The predicted octanol–water partition coefficient (Wildman–Crippen LogP) is 1.57. The van der Waals surface area contributed by atoms with Crippen LogP contribution >= 0.6 is 0 Å². The topological polar surface area (TPSA) is 23.6 Å². The van der Waals surface area contributed by atoms with E-state index >= 15 is 0 Å². The first-order valence-electron chi connectivity index (χ1n) is 6.72. The van der Waals surface area contributed by atoms with Gasteiger partial charge < -0.3 is 4.90 Å². The molecule has 0 spiro atoms. The highest BCUT2D eigenvalue weighted by Gasteiger charge is 2.26. The van der Waals surface area contributed by atoms with Crippen molar-refractivity contribution in [3.8, 4) is 0 Å². The first-order valence-corrected chi connectivity index (χ1v) is 6.72. The summed E-state index contributed by atoms with van der Waals surface area (Å²) in [6.45, 7) is 2.76. The average Bonchev–Trinajstić information content (AvgIpc) is 2.54. The van der Waals surface area contributed by atoms with Crippen LogP contribution in [0, 0.1) is 5.82 Å². The normalized spacial score (nSPS) is 22.2. The highest BCUT2D eigenvalue weighted by Crippen LogP contribution is 2.11. The molecule has 1 unspecified atom stereocenters. The van der Waals surface area contributed by atoms with E-state index in [2.05, 4.69) is 16.8 Å². The Balaban J connectivity index is 2.03. The summed E-state index contributed by atoms with van der Waals surface area (Å²) in [5, 5.41) is 0. The van der Waals surface area contributed by atoms with Crippen LogP contribution in [0.2, 0.25) is 0 Å². The molecule has 1 aliphatic rings. The minimum absolute atomic E-state index is 0.0578. The molecule has 1 aromatic rings. The SMILES string of the molecule is CN1CCCN(C)C(C(=O)Cc2ccc(F)cc2)C1. The Bertz CT molecular complexity index is 432.